The van der Waals surface area contributed by atoms with Gasteiger partial charge in [0.25, 0.3) is 0 Å². The van der Waals surface area contributed by atoms with Gasteiger partial charge in [0.1, 0.15) is 5.60 Å². The highest BCUT2D eigenvalue weighted by molar-refractivity contribution is 6.13. The Morgan fingerprint density at radius 3 is 2.21 bits per heavy atom. The molecule has 9 heteroatoms. The Kier molecular flexibility index (Phi) is 6.19. The van der Waals surface area contributed by atoms with Crippen LogP contribution in [0, 0.1) is 0 Å². The van der Waals surface area contributed by atoms with Gasteiger partial charge < -0.3 is 14.2 Å². The summed E-state index contributed by atoms with van der Waals surface area (Å²) in [5, 5.41) is 0. The van der Waals surface area contributed by atoms with Crippen LogP contribution in [-0.4, -0.2) is 46.6 Å². The molecule has 0 bridgehead atoms. The highest BCUT2D eigenvalue weighted by atomic mass is 16.6. The summed E-state index contributed by atoms with van der Waals surface area (Å²) in [4.78, 5) is 52.4. The number of hydrogen-bond donors (Lipinski definition) is 0. The molecular weight excluding hydrogens is 368 g/mol. The summed E-state index contributed by atoms with van der Waals surface area (Å²) in [5.41, 5.74) is -0.212. The van der Waals surface area contributed by atoms with Gasteiger partial charge in [0.05, 0.1) is 18.2 Å². The van der Waals surface area contributed by atoms with Gasteiger partial charge in [-0.3, -0.25) is 0 Å². The number of esters is 4. The lowest BCUT2D eigenvalue weighted by atomic mass is 10.1. The number of carbonyl (C=O) groups excluding carboxylic acids is 4. The predicted molar refractivity (Wildman–Crippen MR) is 94.7 cm³/mol. The van der Waals surface area contributed by atoms with E-state index in [1.165, 1.54) is 31.6 Å². The number of methoxy groups -OCH3 is 1. The summed E-state index contributed by atoms with van der Waals surface area (Å²) in [6, 6.07) is 6.12. The molecule has 0 radical (unpaired) electrons. The molecule has 0 amide bonds. The number of nitrogens with zero attached hydrogens (tertiary/aromatic N) is 2. The van der Waals surface area contributed by atoms with Crippen molar-refractivity contribution in [3.63, 3.8) is 0 Å². The molecular formula is C19H18N2O7. The minimum atomic E-state index is -0.661. The fourth-order valence-electron chi connectivity index (χ4n) is 2.09. The largest absolute Gasteiger partial charge is 0.465 e. The topological polar surface area (TPSA) is 122 Å². The average Bonchev–Trinajstić information content (AvgIpc) is 2.95. The van der Waals surface area contributed by atoms with E-state index < -0.39 is 29.5 Å². The summed E-state index contributed by atoms with van der Waals surface area (Å²) in [7, 11) is 1.24. The Labute approximate surface area is 160 Å². The first-order chi connectivity index (χ1) is 13.1. The lowest BCUT2D eigenvalue weighted by Crippen LogP contribution is -2.26. The molecule has 0 spiro atoms. The van der Waals surface area contributed by atoms with Gasteiger partial charge in [0.2, 0.25) is 0 Å². The van der Waals surface area contributed by atoms with Gasteiger partial charge in [0.15, 0.2) is 11.4 Å². The Hall–Kier alpha value is -3.62. The highest BCUT2D eigenvalue weighted by Gasteiger charge is 2.30. The smallest absolute Gasteiger partial charge is 0.365 e. The van der Waals surface area contributed by atoms with Crippen LogP contribution in [0.15, 0.2) is 36.7 Å². The maximum atomic E-state index is 11.8. The molecule has 0 unspecified atom stereocenters. The second kappa shape index (κ2) is 8.38. The van der Waals surface area contributed by atoms with E-state index in [2.05, 4.69) is 19.4 Å². The van der Waals surface area contributed by atoms with Crippen molar-refractivity contribution in [3.05, 3.63) is 59.2 Å². The zero-order valence-electron chi connectivity index (χ0n) is 15.7. The van der Waals surface area contributed by atoms with E-state index in [9.17, 15) is 19.2 Å². The van der Waals surface area contributed by atoms with Crippen molar-refractivity contribution in [2.75, 3.05) is 7.11 Å². The van der Waals surface area contributed by atoms with E-state index in [1.54, 1.807) is 32.9 Å². The summed E-state index contributed by atoms with van der Waals surface area (Å²) < 4.78 is 14.0. The van der Waals surface area contributed by atoms with Gasteiger partial charge in [-0.25, -0.2) is 29.1 Å². The molecule has 0 atom stereocenters. The van der Waals surface area contributed by atoms with Gasteiger partial charge in [0, 0.05) is 12.4 Å². The van der Waals surface area contributed by atoms with Crippen LogP contribution in [0.1, 0.15) is 62.5 Å². The summed E-state index contributed by atoms with van der Waals surface area (Å²) in [5.74, 6) is -2.53. The van der Waals surface area contributed by atoms with Gasteiger partial charge in [-0.2, -0.15) is 0 Å². The third-order valence-electron chi connectivity index (χ3n) is 3.21. The number of hydrogen-bond acceptors (Lipinski definition) is 9. The van der Waals surface area contributed by atoms with Crippen LogP contribution in [0.4, 0.5) is 0 Å². The van der Waals surface area contributed by atoms with Crippen molar-refractivity contribution in [2.45, 2.75) is 26.4 Å². The maximum absolute atomic E-state index is 11.8. The zero-order chi connectivity index (χ0) is 20.9. The monoisotopic (exact) mass is 386 g/mol. The zero-order valence-corrected chi connectivity index (χ0v) is 15.7. The number of rotatable bonds is 2. The summed E-state index contributed by atoms with van der Waals surface area (Å²) in [6.45, 7) is 5.23. The first-order valence-electron chi connectivity index (χ1n) is 8.12. The molecule has 3 heterocycles. The van der Waals surface area contributed by atoms with E-state index in [0.29, 0.717) is 0 Å². The molecule has 9 nitrogen and oxygen atoms in total. The highest BCUT2D eigenvalue weighted by Crippen LogP contribution is 2.16. The second-order valence-corrected chi connectivity index (χ2v) is 6.47. The van der Waals surface area contributed by atoms with Crippen molar-refractivity contribution in [1.29, 1.82) is 0 Å². The normalized spacial score (nSPS) is 12.3. The van der Waals surface area contributed by atoms with Crippen LogP contribution < -0.4 is 0 Å². The van der Waals surface area contributed by atoms with E-state index in [-0.39, 0.29) is 22.5 Å². The molecule has 2 aromatic heterocycles. The second-order valence-electron chi connectivity index (χ2n) is 6.47. The summed E-state index contributed by atoms with van der Waals surface area (Å²) >= 11 is 0. The molecule has 28 heavy (non-hydrogen) atoms. The van der Waals surface area contributed by atoms with Crippen LogP contribution in [0.2, 0.25) is 0 Å². The number of pyridine rings is 2. The Bertz CT molecular complexity index is 899. The fraction of sp³-hybridized carbons (Fsp3) is 0.263. The first kappa shape index (κ1) is 20.7. The van der Waals surface area contributed by atoms with Crippen LogP contribution in [0.25, 0.3) is 0 Å². The molecule has 1 aliphatic rings. The molecule has 0 aliphatic carbocycles. The standard InChI is InChI=1S/C12H15NO4.C7H3NO3/c1-12(2,3)17-11(15)9-8(10(14)16-4)6-5-7-13-9;9-6-4-2-1-3-8-5(4)7(10)11-6/h5-7H,1-4H3;1-3H. The lowest BCUT2D eigenvalue weighted by Gasteiger charge is -2.19. The maximum Gasteiger partial charge on any atom is 0.365 e. The summed E-state index contributed by atoms with van der Waals surface area (Å²) in [6.07, 6.45) is 2.87. The van der Waals surface area contributed by atoms with Gasteiger partial charge in [-0.05, 0) is 45.0 Å². The molecule has 0 aromatic carbocycles. The van der Waals surface area contributed by atoms with Crippen molar-refractivity contribution < 1.29 is 33.4 Å². The number of carbonyl (C=O) groups is 4. The number of fused-ring (bicyclic) bond motifs is 1. The van der Waals surface area contributed by atoms with E-state index in [4.69, 9.17) is 4.74 Å². The third-order valence-corrected chi connectivity index (χ3v) is 3.21. The number of ether oxygens (including phenoxy) is 3. The van der Waals surface area contributed by atoms with Crippen molar-refractivity contribution in [1.82, 2.24) is 9.97 Å². The van der Waals surface area contributed by atoms with E-state index >= 15 is 0 Å². The third kappa shape index (κ3) is 4.97. The molecule has 0 N–H and O–H groups in total. The predicted octanol–water partition coefficient (Wildman–Crippen LogP) is 2.22. The van der Waals surface area contributed by atoms with Crippen LogP contribution in [0.3, 0.4) is 0 Å². The fourth-order valence-corrected chi connectivity index (χ4v) is 2.09. The lowest BCUT2D eigenvalue weighted by molar-refractivity contribution is 0.00578. The van der Waals surface area contributed by atoms with Gasteiger partial charge in [-0.1, -0.05) is 0 Å². The average molecular weight is 386 g/mol. The molecule has 0 saturated heterocycles. The number of aromatic nitrogens is 2. The SMILES string of the molecule is COC(=O)c1cccnc1C(=O)OC(C)(C)C.O=C1OC(=O)c2ncccc21. The molecule has 146 valence electrons. The van der Waals surface area contributed by atoms with E-state index in [0.717, 1.165) is 0 Å². The Morgan fingerprint density at radius 1 is 0.964 bits per heavy atom. The number of cyclic esters (lactones) is 2. The van der Waals surface area contributed by atoms with Gasteiger partial charge >= 0.3 is 23.9 Å². The molecule has 1 aliphatic heterocycles. The van der Waals surface area contributed by atoms with Crippen molar-refractivity contribution >= 4 is 23.9 Å². The van der Waals surface area contributed by atoms with Crippen LogP contribution >= 0.6 is 0 Å². The minimum Gasteiger partial charge on any atom is -0.465 e. The van der Waals surface area contributed by atoms with E-state index in [1.807, 2.05) is 0 Å². The minimum absolute atomic E-state index is 0.0331. The van der Waals surface area contributed by atoms with Crippen molar-refractivity contribution in [2.24, 2.45) is 0 Å². The molecule has 0 saturated carbocycles. The van der Waals surface area contributed by atoms with Gasteiger partial charge in [-0.15, -0.1) is 0 Å². The van der Waals surface area contributed by atoms with Crippen LogP contribution in [-0.2, 0) is 14.2 Å². The molecule has 3 rings (SSSR count). The quantitative estimate of drug-likeness (QED) is 0.434. The molecule has 2 aromatic rings. The Balaban J connectivity index is 0.000000218. The molecule has 0 fully saturated rings. The Morgan fingerprint density at radius 2 is 1.61 bits per heavy atom. The van der Waals surface area contributed by atoms with Crippen molar-refractivity contribution in [3.8, 4) is 0 Å². The van der Waals surface area contributed by atoms with Crippen LogP contribution in [0.5, 0.6) is 0 Å². The first-order valence-corrected chi connectivity index (χ1v) is 8.12.